The van der Waals surface area contributed by atoms with E-state index in [2.05, 4.69) is 41.5 Å². The monoisotopic (exact) mass is 368 g/mol. The normalized spacial score (nSPS) is 34.9. The summed E-state index contributed by atoms with van der Waals surface area (Å²) in [6, 6.07) is 0. The van der Waals surface area contributed by atoms with Gasteiger partial charge in [-0.2, -0.15) is 0 Å². The van der Waals surface area contributed by atoms with E-state index < -0.39 is 14.2 Å². The zero-order valence-electron chi connectivity index (χ0n) is 16.8. The van der Waals surface area contributed by atoms with Crippen molar-refractivity contribution in [3.63, 3.8) is 0 Å². The lowest BCUT2D eigenvalue weighted by atomic mass is 9.72. The molecule has 2 aliphatic heterocycles. The molecule has 0 bridgehead atoms. The predicted octanol–water partition coefficient (Wildman–Crippen LogP) is 4.67. The van der Waals surface area contributed by atoms with E-state index in [0.29, 0.717) is 6.61 Å². The smallest absolute Gasteiger partial charge is 0.349 e. The topological polar surface area (TPSA) is 47.9 Å². The molecule has 1 saturated carbocycles. The summed E-state index contributed by atoms with van der Waals surface area (Å²) in [7, 11) is -2.56. The number of hydrogen-bond donors (Lipinski definition) is 1. The van der Waals surface area contributed by atoms with Crippen molar-refractivity contribution in [3.8, 4) is 0 Å². The van der Waals surface area contributed by atoms with Gasteiger partial charge in [0.25, 0.3) is 0 Å². The first-order valence-electron chi connectivity index (χ1n) is 9.87. The van der Waals surface area contributed by atoms with Crippen LogP contribution in [0.4, 0.5) is 0 Å². The highest BCUT2D eigenvalue weighted by Crippen LogP contribution is 2.56. The van der Waals surface area contributed by atoms with Crippen LogP contribution in [0.1, 0.15) is 73.6 Å². The second-order valence-corrected chi connectivity index (χ2v) is 15.0. The van der Waals surface area contributed by atoms with Crippen molar-refractivity contribution in [3.05, 3.63) is 12.3 Å². The van der Waals surface area contributed by atoms with Crippen LogP contribution in [0.3, 0.4) is 0 Å². The van der Waals surface area contributed by atoms with Gasteiger partial charge >= 0.3 is 8.56 Å². The maximum absolute atomic E-state index is 11.4. The van der Waals surface area contributed by atoms with Crippen LogP contribution in [0.15, 0.2) is 12.3 Å². The first kappa shape index (κ1) is 19.4. The van der Waals surface area contributed by atoms with E-state index in [-0.39, 0.29) is 28.2 Å². The van der Waals surface area contributed by atoms with Crippen LogP contribution in [-0.4, -0.2) is 38.1 Å². The molecule has 0 radical (unpaired) electrons. The number of aliphatic hydroxyl groups is 1. The Balaban J connectivity index is 1.95. The van der Waals surface area contributed by atoms with Gasteiger partial charge in [0.1, 0.15) is 6.10 Å². The molecular formula is C20H36O4Si. The highest BCUT2D eigenvalue weighted by Gasteiger charge is 2.64. The Morgan fingerprint density at radius 3 is 2.16 bits per heavy atom. The summed E-state index contributed by atoms with van der Waals surface area (Å²) in [6.45, 7) is 13.9. The van der Waals surface area contributed by atoms with Gasteiger partial charge in [-0.3, -0.25) is 0 Å². The third-order valence-electron chi connectivity index (χ3n) is 6.33. The van der Waals surface area contributed by atoms with Gasteiger partial charge in [-0.05, 0) is 18.9 Å². The van der Waals surface area contributed by atoms with Crippen molar-refractivity contribution in [1.82, 2.24) is 0 Å². The fourth-order valence-electron chi connectivity index (χ4n) is 5.25. The summed E-state index contributed by atoms with van der Waals surface area (Å²) in [6.07, 6.45) is 8.68. The predicted molar refractivity (Wildman–Crippen MR) is 102 cm³/mol. The average Bonchev–Trinajstić information content (AvgIpc) is 2.52. The highest BCUT2D eigenvalue weighted by molar-refractivity contribution is 6.73. The lowest BCUT2D eigenvalue weighted by Gasteiger charge is -2.57. The molecule has 2 fully saturated rings. The third kappa shape index (κ3) is 3.22. The first-order valence-corrected chi connectivity index (χ1v) is 11.7. The van der Waals surface area contributed by atoms with E-state index in [1.54, 1.807) is 6.26 Å². The molecule has 3 aliphatic rings. The second-order valence-electron chi connectivity index (χ2n) is 10.2. The Kier molecular flexibility index (Phi) is 4.94. The molecule has 1 aliphatic carbocycles. The molecule has 0 unspecified atom stereocenters. The van der Waals surface area contributed by atoms with Crippen LogP contribution >= 0.6 is 0 Å². The molecule has 0 amide bonds. The van der Waals surface area contributed by atoms with Crippen LogP contribution in [0.5, 0.6) is 0 Å². The fraction of sp³-hybridized carbons (Fsp3) is 0.900. The molecular weight excluding hydrogens is 332 g/mol. The number of fused-ring (bicyclic) bond motifs is 1. The molecule has 4 nitrogen and oxygen atoms in total. The van der Waals surface area contributed by atoms with Crippen LogP contribution < -0.4 is 0 Å². The summed E-state index contributed by atoms with van der Waals surface area (Å²) < 4.78 is 19.3. The minimum Gasteiger partial charge on any atom is -0.493 e. The van der Waals surface area contributed by atoms with Crippen LogP contribution in [0.2, 0.25) is 10.1 Å². The summed E-state index contributed by atoms with van der Waals surface area (Å²) in [4.78, 5) is 0. The largest absolute Gasteiger partial charge is 0.493 e. The SMILES string of the molecule is CC(C)(C)[Si]1(C(C)(C)C)OC[C@H]2OC=C[C@@H](C3(O)CCCCC3)[C@@H]2O1. The zero-order valence-corrected chi connectivity index (χ0v) is 17.8. The Morgan fingerprint density at radius 2 is 1.60 bits per heavy atom. The molecule has 144 valence electrons. The van der Waals surface area contributed by atoms with Gasteiger partial charge in [-0.15, -0.1) is 0 Å². The Hall–Kier alpha value is -0.363. The minimum absolute atomic E-state index is 0.00738. The number of ether oxygens (including phenoxy) is 1. The van der Waals surface area contributed by atoms with Gasteiger partial charge in [-0.1, -0.05) is 60.8 Å². The fourth-order valence-corrected chi connectivity index (χ4v) is 10.2. The molecule has 0 aromatic rings. The Labute approximate surface area is 154 Å². The van der Waals surface area contributed by atoms with Gasteiger partial charge in [-0.25, -0.2) is 0 Å². The Morgan fingerprint density at radius 1 is 1.00 bits per heavy atom. The molecule has 0 aromatic heterocycles. The number of rotatable bonds is 1. The van der Waals surface area contributed by atoms with Crippen molar-refractivity contribution in [2.75, 3.05) is 6.61 Å². The average molecular weight is 369 g/mol. The summed E-state index contributed by atoms with van der Waals surface area (Å²) in [5, 5.41) is 11.3. The molecule has 0 aromatic carbocycles. The van der Waals surface area contributed by atoms with E-state index >= 15 is 0 Å². The molecule has 0 spiro atoms. The molecule has 1 N–H and O–H groups in total. The van der Waals surface area contributed by atoms with E-state index in [1.165, 1.54) is 6.42 Å². The van der Waals surface area contributed by atoms with E-state index in [4.69, 9.17) is 13.6 Å². The molecule has 25 heavy (non-hydrogen) atoms. The molecule has 3 atom stereocenters. The number of hydrogen-bond acceptors (Lipinski definition) is 4. The van der Waals surface area contributed by atoms with Crippen LogP contribution in [-0.2, 0) is 13.6 Å². The van der Waals surface area contributed by atoms with Gasteiger partial charge < -0.3 is 18.7 Å². The van der Waals surface area contributed by atoms with Gasteiger partial charge in [0.05, 0.1) is 24.6 Å². The summed E-state index contributed by atoms with van der Waals surface area (Å²) in [5.41, 5.74) is -0.672. The standard InChI is InChI=1S/C20H36O4Si/c1-18(2,3)25(19(4,5)6)23-14-16-17(24-25)15(10-13-22-16)20(21)11-8-7-9-12-20/h10,13,15-17,21H,7-9,11-12,14H2,1-6H3/t15-,16-,17+/m1/s1. The maximum atomic E-state index is 11.4. The van der Waals surface area contributed by atoms with Crippen molar-refractivity contribution in [1.29, 1.82) is 0 Å². The lowest BCUT2D eigenvalue weighted by Crippen LogP contribution is -2.68. The van der Waals surface area contributed by atoms with Crippen LogP contribution in [0, 0.1) is 5.92 Å². The summed E-state index contributed by atoms with van der Waals surface area (Å²) in [5.74, 6) is -0.00738. The van der Waals surface area contributed by atoms with E-state index in [9.17, 15) is 5.11 Å². The highest BCUT2D eigenvalue weighted by atomic mass is 28.4. The third-order valence-corrected chi connectivity index (χ3v) is 11.5. The van der Waals surface area contributed by atoms with Crippen molar-refractivity contribution < 1.29 is 18.7 Å². The van der Waals surface area contributed by atoms with Crippen molar-refractivity contribution in [2.24, 2.45) is 5.92 Å². The Bertz CT molecular complexity index is 497. The minimum atomic E-state index is -2.56. The summed E-state index contributed by atoms with van der Waals surface area (Å²) >= 11 is 0. The van der Waals surface area contributed by atoms with Gasteiger partial charge in [0, 0.05) is 16.0 Å². The zero-order chi connectivity index (χ0) is 18.5. The first-order chi connectivity index (χ1) is 11.5. The maximum Gasteiger partial charge on any atom is 0.349 e. The quantitative estimate of drug-likeness (QED) is 0.683. The second kappa shape index (κ2) is 6.36. The molecule has 3 rings (SSSR count). The van der Waals surface area contributed by atoms with Gasteiger partial charge in [0.15, 0.2) is 0 Å². The van der Waals surface area contributed by atoms with Crippen LogP contribution in [0.25, 0.3) is 0 Å². The van der Waals surface area contributed by atoms with Crippen molar-refractivity contribution in [2.45, 2.75) is 102 Å². The lowest BCUT2D eigenvalue weighted by molar-refractivity contribution is -0.152. The van der Waals surface area contributed by atoms with E-state index in [0.717, 1.165) is 25.7 Å². The molecule has 2 heterocycles. The van der Waals surface area contributed by atoms with E-state index in [1.807, 2.05) is 6.08 Å². The molecule has 5 heteroatoms. The van der Waals surface area contributed by atoms with Gasteiger partial charge in [0.2, 0.25) is 0 Å². The molecule has 1 saturated heterocycles. The van der Waals surface area contributed by atoms with Crippen molar-refractivity contribution >= 4 is 8.56 Å².